The van der Waals surface area contributed by atoms with Crippen molar-refractivity contribution in [2.75, 3.05) is 26.7 Å². The normalized spacial score (nSPS) is 16.7. The summed E-state index contributed by atoms with van der Waals surface area (Å²) in [7, 11) is 1.98. The van der Waals surface area contributed by atoms with Crippen LogP contribution >= 0.6 is 34.2 Å². The Kier molecular flexibility index (Phi) is 5.47. The number of benzene rings is 1. The lowest BCUT2D eigenvalue weighted by atomic mass is 9.96. The van der Waals surface area contributed by atoms with E-state index >= 15 is 0 Å². The van der Waals surface area contributed by atoms with E-state index in [1.54, 1.807) is 6.07 Å². The van der Waals surface area contributed by atoms with Crippen LogP contribution in [0.5, 0.6) is 0 Å². The summed E-state index contributed by atoms with van der Waals surface area (Å²) in [5, 5.41) is 3.83. The molecule has 104 valence electrons. The molecule has 0 atom stereocenters. The van der Waals surface area contributed by atoms with Crippen molar-refractivity contribution in [2.45, 2.75) is 12.8 Å². The van der Waals surface area contributed by atoms with E-state index in [2.05, 4.69) is 27.9 Å². The van der Waals surface area contributed by atoms with Crippen LogP contribution in [-0.4, -0.2) is 37.5 Å². The number of likely N-dealkylation sites (tertiary alicyclic amines) is 1. The van der Waals surface area contributed by atoms with E-state index < -0.39 is 0 Å². The molecule has 1 aliphatic heterocycles. The number of nitrogens with zero attached hydrogens (tertiary/aromatic N) is 1. The molecule has 1 saturated heterocycles. The Morgan fingerprint density at radius 2 is 2.16 bits per heavy atom. The van der Waals surface area contributed by atoms with Crippen LogP contribution in [0.15, 0.2) is 18.2 Å². The molecule has 0 unspecified atom stereocenters. The van der Waals surface area contributed by atoms with Gasteiger partial charge in [0.2, 0.25) is 0 Å². The smallest absolute Gasteiger partial charge is 0.254 e. The molecule has 5 heteroatoms. The minimum atomic E-state index is 0.106. The average Bonchev–Trinajstić information content (AvgIpc) is 2.42. The predicted molar refractivity (Wildman–Crippen MR) is 86.7 cm³/mol. The zero-order valence-electron chi connectivity index (χ0n) is 11.0. The van der Waals surface area contributed by atoms with Crippen molar-refractivity contribution in [3.05, 3.63) is 32.4 Å². The molecule has 0 bridgehead atoms. The number of nitrogens with one attached hydrogen (secondary N) is 1. The van der Waals surface area contributed by atoms with Gasteiger partial charge < -0.3 is 10.2 Å². The van der Waals surface area contributed by atoms with E-state index in [-0.39, 0.29) is 5.91 Å². The highest BCUT2D eigenvalue weighted by Gasteiger charge is 2.24. The second kappa shape index (κ2) is 6.90. The molecule has 3 nitrogen and oxygen atoms in total. The number of hydrogen-bond donors (Lipinski definition) is 1. The van der Waals surface area contributed by atoms with Crippen molar-refractivity contribution < 1.29 is 4.79 Å². The number of carbonyl (C=O) groups is 1. The van der Waals surface area contributed by atoms with E-state index in [4.69, 9.17) is 11.6 Å². The van der Waals surface area contributed by atoms with E-state index in [9.17, 15) is 4.79 Å². The molecule has 0 spiro atoms. The average molecular weight is 393 g/mol. The van der Waals surface area contributed by atoms with Crippen LogP contribution in [0.1, 0.15) is 23.2 Å². The van der Waals surface area contributed by atoms with Crippen molar-refractivity contribution in [3.8, 4) is 0 Å². The van der Waals surface area contributed by atoms with Crippen molar-refractivity contribution in [1.82, 2.24) is 10.2 Å². The quantitative estimate of drug-likeness (QED) is 0.802. The first kappa shape index (κ1) is 15.1. The summed E-state index contributed by atoms with van der Waals surface area (Å²) in [6.45, 7) is 2.72. The lowest BCUT2D eigenvalue weighted by molar-refractivity contribution is 0.0690. The van der Waals surface area contributed by atoms with Crippen molar-refractivity contribution in [3.63, 3.8) is 0 Å². The summed E-state index contributed by atoms with van der Waals surface area (Å²) in [5.41, 5.74) is 0.722. The number of halogens is 2. The molecule has 1 heterocycles. The molecule has 0 aliphatic carbocycles. The van der Waals surface area contributed by atoms with Crippen LogP contribution in [0.3, 0.4) is 0 Å². The van der Waals surface area contributed by atoms with Gasteiger partial charge in [0.15, 0.2) is 0 Å². The van der Waals surface area contributed by atoms with E-state index in [1.807, 2.05) is 24.1 Å². The lowest BCUT2D eigenvalue weighted by Gasteiger charge is -2.32. The van der Waals surface area contributed by atoms with E-state index in [1.165, 1.54) is 0 Å². The maximum Gasteiger partial charge on any atom is 0.254 e. The van der Waals surface area contributed by atoms with Crippen LogP contribution in [0.2, 0.25) is 5.02 Å². The molecular weight excluding hydrogens is 375 g/mol. The first-order valence-corrected chi connectivity index (χ1v) is 7.96. The van der Waals surface area contributed by atoms with Crippen molar-refractivity contribution in [2.24, 2.45) is 5.92 Å². The van der Waals surface area contributed by atoms with Crippen LogP contribution < -0.4 is 5.32 Å². The SMILES string of the molecule is CNCC1CCN(C(=O)c2cc(Cl)ccc2I)CC1. The van der Waals surface area contributed by atoms with Crippen LogP contribution in [0.4, 0.5) is 0 Å². The van der Waals surface area contributed by atoms with Crippen molar-refractivity contribution in [1.29, 1.82) is 0 Å². The Labute approximate surface area is 132 Å². The Balaban J connectivity index is 2.03. The molecular formula is C14H18ClIN2O. The fraction of sp³-hybridized carbons (Fsp3) is 0.500. The van der Waals surface area contributed by atoms with E-state index in [0.717, 1.165) is 41.6 Å². The maximum atomic E-state index is 12.5. The van der Waals surface area contributed by atoms with Gasteiger partial charge in [-0.1, -0.05) is 11.6 Å². The Morgan fingerprint density at radius 3 is 2.79 bits per heavy atom. The maximum absolute atomic E-state index is 12.5. The Bertz CT molecular complexity index is 459. The second-order valence-corrected chi connectivity index (χ2v) is 6.52. The van der Waals surface area contributed by atoms with Crippen LogP contribution in [-0.2, 0) is 0 Å². The van der Waals surface area contributed by atoms with Crippen LogP contribution in [0, 0.1) is 9.49 Å². The van der Waals surface area contributed by atoms with Gasteiger partial charge in [0.05, 0.1) is 5.56 Å². The Morgan fingerprint density at radius 1 is 1.47 bits per heavy atom. The molecule has 1 aromatic rings. The van der Waals surface area contributed by atoms with Gasteiger partial charge in [0.1, 0.15) is 0 Å². The Hall–Kier alpha value is -0.330. The first-order chi connectivity index (χ1) is 9.11. The molecule has 0 aromatic heterocycles. The summed E-state index contributed by atoms with van der Waals surface area (Å²) >= 11 is 8.17. The van der Waals surface area contributed by atoms with Gasteiger partial charge in [-0.25, -0.2) is 0 Å². The second-order valence-electron chi connectivity index (χ2n) is 4.92. The third-order valence-corrected chi connectivity index (χ3v) is 4.73. The third kappa shape index (κ3) is 3.83. The van der Waals surface area contributed by atoms with Gasteiger partial charge in [-0.05, 0) is 73.1 Å². The zero-order valence-corrected chi connectivity index (χ0v) is 13.9. The minimum absolute atomic E-state index is 0.106. The molecule has 2 rings (SSSR count). The number of rotatable bonds is 3. The minimum Gasteiger partial charge on any atom is -0.339 e. The highest BCUT2D eigenvalue weighted by atomic mass is 127. The summed E-state index contributed by atoms with van der Waals surface area (Å²) < 4.78 is 0.962. The number of amides is 1. The summed E-state index contributed by atoms with van der Waals surface area (Å²) in [5.74, 6) is 0.794. The number of carbonyl (C=O) groups excluding carboxylic acids is 1. The van der Waals surface area contributed by atoms with Gasteiger partial charge in [-0.15, -0.1) is 0 Å². The molecule has 1 amide bonds. The zero-order chi connectivity index (χ0) is 13.8. The first-order valence-electron chi connectivity index (χ1n) is 6.50. The number of hydrogen-bond acceptors (Lipinski definition) is 2. The lowest BCUT2D eigenvalue weighted by Crippen LogP contribution is -2.40. The highest BCUT2D eigenvalue weighted by molar-refractivity contribution is 14.1. The molecule has 1 N–H and O–H groups in total. The monoisotopic (exact) mass is 392 g/mol. The van der Waals surface area contributed by atoms with E-state index in [0.29, 0.717) is 10.9 Å². The molecule has 1 aromatic carbocycles. The summed E-state index contributed by atoms with van der Waals surface area (Å²) in [6, 6.07) is 5.48. The fourth-order valence-corrected chi connectivity index (χ4v) is 3.20. The third-order valence-electron chi connectivity index (χ3n) is 3.55. The van der Waals surface area contributed by atoms with Crippen LogP contribution in [0.25, 0.3) is 0 Å². The van der Waals surface area contributed by atoms with Crippen molar-refractivity contribution >= 4 is 40.1 Å². The van der Waals surface area contributed by atoms with Gasteiger partial charge in [-0.3, -0.25) is 4.79 Å². The van der Waals surface area contributed by atoms with Gasteiger partial charge in [0.25, 0.3) is 5.91 Å². The fourth-order valence-electron chi connectivity index (χ4n) is 2.46. The molecule has 19 heavy (non-hydrogen) atoms. The molecule has 1 aliphatic rings. The molecule has 1 fully saturated rings. The largest absolute Gasteiger partial charge is 0.339 e. The van der Waals surface area contributed by atoms with Gasteiger partial charge >= 0.3 is 0 Å². The summed E-state index contributed by atoms with van der Waals surface area (Å²) in [4.78, 5) is 14.4. The standard InChI is InChI=1S/C14H18ClIN2O/c1-17-9-10-4-6-18(7-5-10)14(19)12-8-11(15)2-3-13(12)16/h2-3,8,10,17H,4-7,9H2,1H3. The van der Waals surface area contributed by atoms with Gasteiger partial charge in [-0.2, -0.15) is 0 Å². The topological polar surface area (TPSA) is 32.3 Å². The predicted octanol–water partition coefficient (Wildman–Crippen LogP) is 3.02. The molecule has 0 saturated carbocycles. The van der Waals surface area contributed by atoms with Gasteiger partial charge in [0, 0.05) is 21.7 Å². The number of piperidine rings is 1. The summed E-state index contributed by atoms with van der Waals surface area (Å²) in [6.07, 6.45) is 2.15. The molecule has 0 radical (unpaired) electrons. The highest BCUT2D eigenvalue weighted by Crippen LogP contribution is 2.23.